The van der Waals surface area contributed by atoms with Gasteiger partial charge in [-0.1, -0.05) is 31.2 Å². The number of anilines is 1. The van der Waals surface area contributed by atoms with E-state index in [0.717, 1.165) is 24.1 Å². The van der Waals surface area contributed by atoms with Crippen molar-refractivity contribution in [2.24, 2.45) is 0 Å². The molecule has 2 unspecified atom stereocenters. The van der Waals surface area contributed by atoms with Gasteiger partial charge in [0, 0.05) is 24.7 Å². The topological polar surface area (TPSA) is 32.8 Å². The average molecular weight is 350 g/mol. The summed E-state index contributed by atoms with van der Waals surface area (Å²) in [6, 6.07) is 14.0. The van der Waals surface area contributed by atoms with Crippen LogP contribution in [0.15, 0.2) is 42.5 Å². The fourth-order valence-corrected chi connectivity index (χ4v) is 4.75. The second-order valence-corrected chi connectivity index (χ2v) is 7.89. The molecule has 0 aromatic heterocycles. The molecule has 1 fully saturated rings. The summed E-state index contributed by atoms with van der Waals surface area (Å²) in [5.74, 6) is 0.433. The Hall–Kier alpha value is -2.33. The molecule has 2 aromatic rings. The first-order valence-corrected chi connectivity index (χ1v) is 9.23. The van der Waals surface area contributed by atoms with Gasteiger partial charge in [0.15, 0.2) is 0 Å². The number of nitrogens with zero attached hydrogens (tertiary/aromatic N) is 2. The predicted octanol–water partition coefficient (Wildman–Crippen LogP) is 3.51. The molecule has 1 saturated heterocycles. The fraction of sp³-hybridized carbons (Fsp3) is 0.409. The van der Waals surface area contributed by atoms with Crippen molar-refractivity contribution in [1.29, 1.82) is 0 Å². The van der Waals surface area contributed by atoms with Crippen molar-refractivity contribution in [3.8, 4) is 5.75 Å². The van der Waals surface area contributed by atoms with Gasteiger partial charge in [-0.05, 0) is 55.3 Å². The van der Waals surface area contributed by atoms with Gasteiger partial charge in [0.2, 0.25) is 0 Å². The first-order chi connectivity index (χ1) is 12.4. The molecule has 0 bridgehead atoms. The third kappa shape index (κ3) is 2.60. The monoisotopic (exact) mass is 350 g/mol. The highest BCUT2D eigenvalue weighted by Crippen LogP contribution is 2.51. The van der Waals surface area contributed by atoms with Gasteiger partial charge in [-0.15, -0.1) is 0 Å². The van der Waals surface area contributed by atoms with E-state index in [2.05, 4.69) is 43.0 Å². The highest BCUT2D eigenvalue weighted by Gasteiger charge is 2.52. The molecule has 4 rings (SSSR count). The maximum Gasteiger partial charge on any atom is 0.315 e. The van der Waals surface area contributed by atoms with Gasteiger partial charge in [0.25, 0.3) is 0 Å². The molecule has 2 atom stereocenters. The number of hydrogen-bond donors (Lipinski definition) is 0. The van der Waals surface area contributed by atoms with E-state index < -0.39 is 0 Å². The number of likely N-dealkylation sites (N-methyl/N-ethyl adjacent to an activating group) is 2. The van der Waals surface area contributed by atoms with E-state index in [-0.39, 0.29) is 11.4 Å². The maximum absolute atomic E-state index is 12.4. The molecule has 0 aliphatic carbocycles. The number of esters is 1. The van der Waals surface area contributed by atoms with Crippen molar-refractivity contribution < 1.29 is 9.53 Å². The molecule has 4 heteroatoms. The van der Waals surface area contributed by atoms with Crippen molar-refractivity contribution >= 4 is 11.7 Å². The summed E-state index contributed by atoms with van der Waals surface area (Å²) >= 11 is 0. The lowest BCUT2D eigenvalue weighted by atomic mass is 9.81. The summed E-state index contributed by atoms with van der Waals surface area (Å²) < 4.78 is 5.68. The van der Waals surface area contributed by atoms with Gasteiger partial charge in [0.05, 0.1) is 12.6 Å². The van der Waals surface area contributed by atoms with Gasteiger partial charge >= 0.3 is 5.97 Å². The predicted molar refractivity (Wildman–Crippen MR) is 104 cm³/mol. The summed E-state index contributed by atoms with van der Waals surface area (Å²) in [5.41, 5.74) is 4.74. The second kappa shape index (κ2) is 6.13. The molecule has 0 radical (unpaired) electrons. The Morgan fingerprint density at radius 2 is 2.00 bits per heavy atom. The van der Waals surface area contributed by atoms with E-state index >= 15 is 0 Å². The van der Waals surface area contributed by atoms with Crippen LogP contribution in [0.4, 0.5) is 5.69 Å². The van der Waals surface area contributed by atoms with Crippen LogP contribution in [0.3, 0.4) is 0 Å². The standard InChI is InChI=1S/C22H26N2O2/c1-15-7-5-6-8-16(15)13-20(25)26-17-9-10-19-18(14-17)22(2)11-12-23(3)21(22)24(19)4/h5-10,14,21H,11-13H2,1-4H3. The van der Waals surface area contributed by atoms with Crippen LogP contribution in [0.2, 0.25) is 0 Å². The van der Waals surface area contributed by atoms with Crippen molar-refractivity contribution in [3.05, 3.63) is 59.2 Å². The Bertz CT molecular complexity index is 863. The molecule has 2 aliphatic rings. The van der Waals surface area contributed by atoms with Gasteiger partial charge < -0.3 is 9.64 Å². The lowest BCUT2D eigenvalue weighted by Crippen LogP contribution is -2.45. The van der Waals surface area contributed by atoms with Crippen molar-refractivity contribution in [2.45, 2.75) is 38.3 Å². The van der Waals surface area contributed by atoms with Gasteiger partial charge in [-0.2, -0.15) is 0 Å². The highest BCUT2D eigenvalue weighted by molar-refractivity contribution is 5.76. The summed E-state index contributed by atoms with van der Waals surface area (Å²) in [7, 11) is 4.34. The molecule has 136 valence electrons. The minimum Gasteiger partial charge on any atom is -0.426 e. The third-order valence-electron chi connectivity index (χ3n) is 6.13. The Balaban J connectivity index is 1.56. The minimum atomic E-state index is -0.212. The number of rotatable bonds is 3. The Morgan fingerprint density at radius 3 is 2.77 bits per heavy atom. The van der Waals surface area contributed by atoms with Gasteiger partial charge in [-0.25, -0.2) is 0 Å². The molecular formula is C22H26N2O2. The molecule has 0 spiro atoms. The first kappa shape index (κ1) is 17.1. The Morgan fingerprint density at radius 1 is 1.23 bits per heavy atom. The fourth-order valence-electron chi connectivity index (χ4n) is 4.75. The lowest BCUT2D eigenvalue weighted by Gasteiger charge is -2.32. The molecule has 0 N–H and O–H groups in total. The Labute approximate surface area is 155 Å². The van der Waals surface area contributed by atoms with E-state index in [1.165, 1.54) is 11.3 Å². The molecule has 4 nitrogen and oxygen atoms in total. The summed E-state index contributed by atoms with van der Waals surface area (Å²) in [4.78, 5) is 17.2. The number of aryl methyl sites for hydroxylation is 1. The molecule has 0 amide bonds. The van der Waals surface area contributed by atoms with E-state index in [0.29, 0.717) is 18.3 Å². The van der Waals surface area contributed by atoms with Crippen molar-refractivity contribution in [1.82, 2.24) is 4.90 Å². The van der Waals surface area contributed by atoms with Crippen LogP contribution < -0.4 is 9.64 Å². The molecule has 0 saturated carbocycles. The maximum atomic E-state index is 12.4. The summed E-state index contributed by atoms with van der Waals surface area (Å²) in [6.07, 6.45) is 1.79. The lowest BCUT2D eigenvalue weighted by molar-refractivity contribution is -0.133. The number of benzene rings is 2. The normalized spacial score (nSPS) is 24.5. The zero-order valence-electron chi connectivity index (χ0n) is 16.0. The zero-order chi connectivity index (χ0) is 18.5. The first-order valence-electron chi connectivity index (χ1n) is 9.23. The molecule has 26 heavy (non-hydrogen) atoms. The SMILES string of the molecule is Cc1ccccc1CC(=O)Oc1ccc2c(c1)C1(C)CCN(C)C1N2C. The van der Waals surface area contributed by atoms with Gasteiger partial charge in [0.1, 0.15) is 5.75 Å². The summed E-state index contributed by atoms with van der Waals surface area (Å²) in [5, 5.41) is 0. The van der Waals surface area contributed by atoms with E-state index in [9.17, 15) is 4.79 Å². The van der Waals surface area contributed by atoms with Crippen LogP contribution in [0.5, 0.6) is 5.75 Å². The largest absolute Gasteiger partial charge is 0.426 e. The number of carbonyl (C=O) groups excluding carboxylic acids is 1. The van der Waals surface area contributed by atoms with E-state index in [1.807, 2.05) is 37.3 Å². The van der Waals surface area contributed by atoms with Crippen molar-refractivity contribution in [2.75, 3.05) is 25.5 Å². The number of ether oxygens (including phenoxy) is 1. The quantitative estimate of drug-likeness (QED) is 0.626. The van der Waals surface area contributed by atoms with Crippen molar-refractivity contribution in [3.63, 3.8) is 0 Å². The molecule has 2 heterocycles. The highest BCUT2D eigenvalue weighted by atomic mass is 16.5. The van der Waals surface area contributed by atoms with Crippen LogP contribution in [0.1, 0.15) is 30.0 Å². The van der Waals surface area contributed by atoms with Crippen LogP contribution in [0.25, 0.3) is 0 Å². The average Bonchev–Trinajstić information content (AvgIpc) is 3.03. The second-order valence-electron chi connectivity index (χ2n) is 7.89. The minimum absolute atomic E-state index is 0.0806. The van der Waals surface area contributed by atoms with Crippen LogP contribution >= 0.6 is 0 Å². The Kier molecular flexibility index (Phi) is 4.03. The third-order valence-corrected chi connectivity index (χ3v) is 6.13. The zero-order valence-corrected chi connectivity index (χ0v) is 16.0. The smallest absolute Gasteiger partial charge is 0.315 e. The van der Waals surface area contributed by atoms with Crippen LogP contribution in [-0.2, 0) is 16.6 Å². The van der Waals surface area contributed by atoms with E-state index in [1.54, 1.807) is 0 Å². The number of fused-ring (bicyclic) bond motifs is 3. The molecule has 2 aromatic carbocycles. The number of likely N-dealkylation sites (tertiary alicyclic amines) is 1. The summed E-state index contributed by atoms with van der Waals surface area (Å²) in [6.45, 7) is 5.43. The van der Waals surface area contributed by atoms with Crippen LogP contribution in [0, 0.1) is 6.92 Å². The molecular weight excluding hydrogens is 324 g/mol. The van der Waals surface area contributed by atoms with Gasteiger partial charge in [-0.3, -0.25) is 9.69 Å². The van der Waals surface area contributed by atoms with E-state index in [4.69, 9.17) is 4.74 Å². The van der Waals surface area contributed by atoms with Crippen LogP contribution in [-0.4, -0.2) is 37.7 Å². The molecule has 2 aliphatic heterocycles. The number of carbonyl (C=O) groups is 1. The number of hydrogen-bond acceptors (Lipinski definition) is 4.